The maximum absolute atomic E-state index is 4.91. The Morgan fingerprint density at radius 3 is 2.58 bits per heavy atom. The van der Waals surface area contributed by atoms with Crippen LogP contribution in [0.3, 0.4) is 0 Å². The Morgan fingerprint density at radius 2 is 2.17 bits per heavy atom. The van der Waals surface area contributed by atoms with Crippen molar-refractivity contribution in [2.45, 2.75) is 12.8 Å². The number of ether oxygens (including phenoxy) is 1. The molecule has 4 heteroatoms. The predicted octanol–water partition coefficient (Wildman–Crippen LogP) is -4.28. The summed E-state index contributed by atoms with van der Waals surface area (Å²) in [6.07, 6.45) is 9.44. The minimum absolute atomic E-state index is 0. The quantitative estimate of drug-likeness (QED) is 0.477. The first kappa shape index (κ1) is 18.6. The van der Waals surface area contributed by atoms with E-state index in [2.05, 4.69) is 18.2 Å². The van der Waals surface area contributed by atoms with Crippen molar-refractivity contribution in [1.82, 2.24) is 0 Å². The molecule has 0 fully saturated rings. The van der Waals surface area contributed by atoms with Crippen LogP contribution in [0.5, 0.6) is 0 Å². The molecule has 0 heterocycles. The second kappa shape index (κ2) is 11.9. The summed E-state index contributed by atoms with van der Waals surface area (Å²) in [4.78, 5) is 0. The van der Waals surface area contributed by atoms with Crippen LogP contribution in [-0.4, -0.2) is 13.7 Å². The van der Waals surface area contributed by atoms with Crippen molar-refractivity contribution in [2.75, 3.05) is 13.7 Å². The number of hydrogen-bond donors (Lipinski definition) is 0. The summed E-state index contributed by atoms with van der Waals surface area (Å²) >= 11 is 0. The van der Waals surface area contributed by atoms with Gasteiger partial charge in [0, 0.05) is 13.7 Å². The van der Waals surface area contributed by atoms with Gasteiger partial charge in [0.2, 0.25) is 0 Å². The van der Waals surface area contributed by atoms with Crippen LogP contribution in [0.25, 0.3) is 0 Å². The molecule has 0 aliphatic heterocycles. The average molecular weight is 285 g/mol. The van der Waals surface area contributed by atoms with Gasteiger partial charge < -0.3 is 29.6 Å². The smallest absolute Gasteiger partial charge is 1.00 e. The van der Waals surface area contributed by atoms with Gasteiger partial charge in [0.25, 0.3) is 0 Å². The van der Waals surface area contributed by atoms with Crippen LogP contribution in [0.2, 0.25) is 0 Å². The number of halogens is 2. The molecular weight excluding hydrogens is 274 g/mol. The van der Waals surface area contributed by atoms with E-state index in [-0.39, 0.29) is 51.0 Å². The van der Waals surface area contributed by atoms with E-state index in [1.54, 1.807) is 7.11 Å². The van der Waals surface area contributed by atoms with Gasteiger partial charge in [-0.2, -0.15) is 6.08 Å². The molecule has 12 heavy (non-hydrogen) atoms. The van der Waals surface area contributed by atoms with Gasteiger partial charge in [0.1, 0.15) is 0 Å². The summed E-state index contributed by atoms with van der Waals surface area (Å²) in [6.45, 7) is 0.812. The minimum atomic E-state index is 0. The topological polar surface area (TPSA) is 9.23 Å². The Bertz CT molecular complexity index is 146. The normalized spacial score (nSPS) is 12.2. The zero-order chi connectivity index (χ0) is 6.53. The Hall–Kier alpha value is 0.903. The van der Waals surface area contributed by atoms with Crippen LogP contribution in [0.1, 0.15) is 12.8 Å². The third kappa shape index (κ3) is 7.55. The second-order valence-electron chi connectivity index (χ2n) is 2.05. The van der Waals surface area contributed by atoms with E-state index >= 15 is 0 Å². The van der Waals surface area contributed by atoms with E-state index in [9.17, 15) is 0 Å². The Kier molecular flexibility index (Phi) is 18.5. The van der Waals surface area contributed by atoms with Gasteiger partial charge in [-0.15, -0.1) is 6.42 Å². The first-order valence-corrected chi connectivity index (χ1v) is 3.18. The molecule has 1 nitrogen and oxygen atoms in total. The summed E-state index contributed by atoms with van der Waals surface area (Å²) in [7, 11) is 1.72. The van der Waals surface area contributed by atoms with Crippen molar-refractivity contribution in [3.63, 3.8) is 0 Å². The van der Waals surface area contributed by atoms with Crippen LogP contribution < -0.4 is 24.8 Å². The molecule has 1 aliphatic carbocycles. The van der Waals surface area contributed by atoms with Crippen LogP contribution in [0.4, 0.5) is 0 Å². The fourth-order valence-electron chi connectivity index (χ4n) is 0.834. The molecule has 0 aromatic heterocycles. The van der Waals surface area contributed by atoms with E-state index in [1.807, 2.05) is 0 Å². The molecule has 0 unspecified atom stereocenters. The summed E-state index contributed by atoms with van der Waals surface area (Å²) in [5, 5.41) is 0. The van der Waals surface area contributed by atoms with Gasteiger partial charge in [-0.1, -0.05) is 0 Å². The zero-order valence-electron chi connectivity index (χ0n) is 6.94. The van der Waals surface area contributed by atoms with Gasteiger partial charge in [-0.25, -0.2) is 11.6 Å². The third-order valence-corrected chi connectivity index (χ3v) is 1.34. The summed E-state index contributed by atoms with van der Waals surface area (Å²) in [6, 6.07) is 0. The van der Waals surface area contributed by atoms with Crippen molar-refractivity contribution in [2.24, 2.45) is 0 Å². The molecule has 0 N–H and O–H groups in total. The van der Waals surface area contributed by atoms with E-state index in [4.69, 9.17) is 4.74 Å². The number of hydrogen-bond acceptors (Lipinski definition) is 1. The molecular formula is C8H11Cl2OZr. The zero-order valence-corrected chi connectivity index (χ0v) is 10.9. The van der Waals surface area contributed by atoms with Crippen LogP contribution in [0.15, 0.2) is 17.7 Å². The van der Waals surface area contributed by atoms with Crippen LogP contribution in [-0.2, 0) is 30.9 Å². The molecule has 0 aromatic carbocycles. The van der Waals surface area contributed by atoms with Crippen LogP contribution in [0, 0.1) is 6.08 Å². The maximum atomic E-state index is 4.91. The van der Waals surface area contributed by atoms with Gasteiger partial charge in [-0.3, -0.25) is 6.08 Å². The van der Waals surface area contributed by atoms with Crippen molar-refractivity contribution in [3.8, 4) is 0 Å². The molecule has 0 saturated carbocycles. The van der Waals surface area contributed by atoms with Crippen molar-refractivity contribution >= 4 is 0 Å². The fourth-order valence-corrected chi connectivity index (χ4v) is 0.834. The minimum Gasteiger partial charge on any atom is -1.00 e. The molecule has 0 saturated heterocycles. The molecule has 0 amide bonds. The predicted molar refractivity (Wildman–Crippen MR) is 37.0 cm³/mol. The largest absolute Gasteiger partial charge is 3.00 e. The average Bonchev–Trinajstić information content (AvgIpc) is 2.34. The monoisotopic (exact) mass is 283 g/mol. The first-order valence-electron chi connectivity index (χ1n) is 3.18. The van der Waals surface area contributed by atoms with E-state index in [0.717, 1.165) is 19.4 Å². The number of allylic oxidation sites excluding steroid dienone is 3. The van der Waals surface area contributed by atoms with E-state index in [1.165, 1.54) is 5.57 Å². The van der Waals surface area contributed by atoms with Crippen molar-refractivity contribution < 1.29 is 55.8 Å². The van der Waals surface area contributed by atoms with Gasteiger partial charge in [0.05, 0.1) is 0 Å². The molecule has 0 spiro atoms. The maximum Gasteiger partial charge on any atom is 3.00 e. The van der Waals surface area contributed by atoms with Gasteiger partial charge in [-0.05, 0) is 6.42 Å². The third-order valence-electron chi connectivity index (χ3n) is 1.34. The molecule has 0 bridgehead atoms. The van der Waals surface area contributed by atoms with Crippen molar-refractivity contribution in [1.29, 1.82) is 0 Å². The van der Waals surface area contributed by atoms with Crippen molar-refractivity contribution in [3.05, 3.63) is 23.8 Å². The molecule has 0 atom stereocenters. The number of rotatable bonds is 3. The molecule has 67 valence electrons. The number of methoxy groups -OCH3 is 1. The van der Waals surface area contributed by atoms with Gasteiger partial charge >= 0.3 is 26.2 Å². The second-order valence-corrected chi connectivity index (χ2v) is 2.05. The Labute approximate surface area is 106 Å². The molecule has 0 aromatic rings. The SMILES string of the molecule is COCCC1=[C-]CC=C1.[Cl-].[Cl-].[Zr+3]. The first-order chi connectivity index (χ1) is 4.43. The van der Waals surface area contributed by atoms with Gasteiger partial charge in [0.15, 0.2) is 0 Å². The Balaban J connectivity index is -0.000000270. The molecule has 1 radical (unpaired) electrons. The van der Waals surface area contributed by atoms with E-state index < -0.39 is 0 Å². The summed E-state index contributed by atoms with van der Waals surface area (Å²) in [5.41, 5.74) is 1.29. The van der Waals surface area contributed by atoms with Crippen LogP contribution >= 0.6 is 0 Å². The standard InChI is InChI=1S/C8H11O.2ClH.Zr/c1-9-7-6-8-4-2-3-5-8;;;/h2,4H,3,6-7H2,1H3;2*1H;/q-1;;;+3/p-2. The Morgan fingerprint density at radius 1 is 1.50 bits per heavy atom. The molecule has 1 aliphatic rings. The molecule has 1 rings (SSSR count). The fraction of sp³-hybridized carbons (Fsp3) is 0.500. The summed E-state index contributed by atoms with van der Waals surface area (Å²) in [5.74, 6) is 0. The van der Waals surface area contributed by atoms with E-state index in [0.29, 0.717) is 0 Å². The summed E-state index contributed by atoms with van der Waals surface area (Å²) < 4.78 is 4.91.